The predicted molar refractivity (Wildman–Crippen MR) is 42.1 cm³/mol. The van der Waals surface area contributed by atoms with E-state index in [2.05, 4.69) is 0 Å². The number of carboxylic acid groups (broad SMARTS) is 1. The average Bonchev–Trinajstić information content (AvgIpc) is 2.67. The molecule has 0 heterocycles. The highest BCUT2D eigenvalue weighted by Gasteiger charge is 2.27. The minimum Gasteiger partial charge on any atom is -0.480 e. The maximum absolute atomic E-state index is 11.0. The van der Waals surface area contributed by atoms with Crippen molar-refractivity contribution in [3.63, 3.8) is 0 Å². The molecule has 0 unspecified atom stereocenters. The molecule has 0 spiro atoms. The summed E-state index contributed by atoms with van der Waals surface area (Å²) >= 11 is 0. The Morgan fingerprint density at radius 1 is 1.50 bits per heavy atom. The topological polar surface area (TPSA) is 83.5 Å². The third kappa shape index (κ3) is 3.68. The maximum Gasteiger partial charge on any atom is 0.318 e. The van der Waals surface area contributed by atoms with Gasteiger partial charge in [0.1, 0.15) is 6.54 Å². The Morgan fingerprint density at radius 2 is 2.08 bits per heavy atom. The summed E-state index contributed by atoms with van der Waals surface area (Å²) in [7, 11) is -3.34. The van der Waals surface area contributed by atoms with Crippen molar-refractivity contribution in [2.75, 3.05) is 12.3 Å². The lowest BCUT2D eigenvalue weighted by Crippen LogP contribution is -2.31. The van der Waals surface area contributed by atoms with Gasteiger partial charge in [0.15, 0.2) is 0 Å². The summed E-state index contributed by atoms with van der Waals surface area (Å²) in [4.78, 5) is 10.0. The van der Waals surface area contributed by atoms with Crippen LogP contribution in [0, 0.1) is 5.92 Å². The summed E-state index contributed by atoms with van der Waals surface area (Å²) in [5.74, 6) is -0.842. The first-order chi connectivity index (χ1) is 5.49. The highest BCUT2D eigenvalue weighted by Crippen LogP contribution is 2.29. The van der Waals surface area contributed by atoms with Crippen LogP contribution in [0.2, 0.25) is 0 Å². The monoisotopic (exact) mass is 193 g/mol. The molecule has 1 aliphatic rings. The molecule has 0 aliphatic heterocycles. The Labute approximate surface area is 70.8 Å². The number of rotatable bonds is 5. The van der Waals surface area contributed by atoms with Crippen LogP contribution in [0.1, 0.15) is 12.8 Å². The summed E-state index contributed by atoms with van der Waals surface area (Å²) in [6.45, 7) is -0.519. The van der Waals surface area contributed by atoms with Crippen molar-refractivity contribution in [3.05, 3.63) is 0 Å². The van der Waals surface area contributed by atoms with Gasteiger partial charge in [-0.15, -0.1) is 0 Å². The van der Waals surface area contributed by atoms with Crippen LogP contribution in [-0.2, 0) is 14.8 Å². The highest BCUT2D eigenvalue weighted by atomic mass is 32.2. The lowest BCUT2D eigenvalue weighted by molar-refractivity contribution is -0.135. The van der Waals surface area contributed by atoms with Crippen molar-refractivity contribution in [3.8, 4) is 0 Å². The van der Waals surface area contributed by atoms with Crippen LogP contribution >= 0.6 is 0 Å². The minimum absolute atomic E-state index is 0.0697. The summed E-state index contributed by atoms with van der Waals surface area (Å²) in [5.41, 5.74) is 0. The number of nitrogens with one attached hydrogen (secondary N) is 1. The van der Waals surface area contributed by atoms with Gasteiger partial charge in [-0.2, -0.15) is 0 Å². The van der Waals surface area contributed by atoms with Gasteiger partial charge < -0.3 is 5.11 Å². The number of sulfonamides is 1. The van der Waals surface area contributed by atoms with E-state index in [-0.39, 0.29) is 11.7 Å². The Bertz CT molecular complexity index is 267. The van der Waals surface area contributed by atoms with E-state index in [9.17, 15) is 13.2 Å². The van der Waals surface area contributed by atoms with Crippen molar-refractivity contribution in [1.29, 1.82) is 0 Å². The molecule has 2 N–H and O–H groups in total. The van der Waals surface area contributed by atoms with Gasteiger partial charge in [-0.3, -0.25) is 4.79 Å². The maximum atomic E-state index is 11.0. The van der Waals surface area contributed by atoms with Crippen LogP contribution in [0.15, 0.2) is 0 Å². The zero-order valence-corrected chi connectivity index (χ0v) is 7.30. The summed E-state index contributed by atoms with van der Waals surface area (Å²) < 4.78 is 24.0. The number of carboxylic acids is 1. The van der Waals surface area contributed by atoms with E-state index in [1.54, 1.807) is 0 Å². The average molecular weight is 193 g/mol. The molecule has 5 nitrogen and oxygen atoms in total. The van der Waals surface area contributed by atoms with Crippen molar-refractivity contribution in [1.82, 2.24) is 4.72 Å². The SMILES string of the molecule is O=C(O)CNS(=O)(=O)CC1CC1. The predicted octanol–water partition coefficient (Wildman–Crippen LogP) is -0.600. The first-order valence-corrected chi connectivity index (χ1v) is 5.34. The zero-order valence-electron chi connectivity index (χ0n) is 6.49. The van der Waals surface area contributed by atoms with E-state index in [4.69, 9.17) is 5.11 Å². The molecular weight excluding hydrogens is 182 g/mol. The van der Waals surface area contributed by atoms with Crippen molar-refractivity contribution in [2.45, 2.75) is 12.8 Å². The van der Waals surface area contributed by atoms with Crippen LogP contribution in [0.4, 0.5) is 0 Å². The van der Waals surface area contributed by atoms with Gasteiger partial charge in [-0.1, -0.05) is 0 Å². The Morgan fingerprint density at radius 3 is 2.50 bits per heavy atom. The Hall–Kier alpha value is -0.620. The highest BCUT2D eigenvalue weighted by molar-refractivity contribution is 7.89. The Kier molecular flexibility index (Phi) is 2.69. The summed E-state index contributed by atoms with van der Waals surface area (Å²) in [6, 6.07) is 0. The third-order valence-electron chi connectivity index (χ3n) is 1.60. The van der Waals surface area contributed by atoms with E-state index in [0.29, 0.717) is 0 Å². The summed E-state index contributed by atoms with van der Waals surface area (Å²) in [5, 5.41) is 8.20. The molecule has 1 aliphatic carbocycles. The molecule has 0 saturated heterocycles. The molecule has 1 saturated carbocycles. The molecule has 70 valence electrons. The molecule has 0 aromatic heterocycles. The number of aliphatic carboxylic acids is 1. The fourth-order valence-electron chi connectivity index (χ4n) is 0.825. The standard InChI is InChI=1S/C6H11NO4S/c8-6(9)3-7-12(10,11)4-5-1-2-5/h5,7H,1-4H2,(H,8,9). The smallest absolute Gasteiger partial charge is 0.318 e. The molecule has 0 amide bonds. The number of hydrogen-bond donors (Lipinski definition) is 2. The molecule has 0 atom stereocenters. The van der Waals surface area contributed by atoms with E-state index >= 15 is 0 Å². The largest absolute Gasteiger partial charge is 0.480 e. The molecule has 6 heteroatoms. The molecule has 0 aromatic rings. The van der Waals surface area contributed by atoms with E-state index in [1.807, 2.05) is 4.72 Å². The van der Waals surface area contributed by atoms with Gasteiger partial charge in [0.2, 0.25) is 10.0 Å². The van der Waals surface area contributed by atoms with Gasteiger partial charge in [-0.25, -0.2) is 13.1 Å². The lowest BCUT2D eigenvalue weighted by Gasteiger charge is -2.01. The van der Waals surface area contributed by atoms with Crippen LogP contribution in [0.5, 0.6) is 0 Å². The fourth-order valence-corrected chi connectivity index (χ4v) is 2.24. The zero-order chi connectivity index (χ0) is 9.19. The number of carbonyl (C=O) groups is 1. The van der Waals surface area contributed by atoms with Gasteiger partial charge >= 0.3 is 5.97 Å². The summed E-state index contributed by atoms with van der Waals surface area (Å²) in [6.07, 6.45) is 1.88. The first-order valence-electron chi connectivity index (χ1n) is 3.69. The Balaban J connectivity index is 2.31. The van der Waals surface area contributed by atoms with Gasteiger partial charge in [-0.05, 0) is 18.8 Å². The third-order valence-corrected chi connectivity index (χ3v) is 3.09. The van der Waals surface area contributed by atoms with E-state index in [0.717, 1.165) is 12.8 Å². The normalized spacial score (nSPS) is 17.7. The van der Waals surface area contributed by atoms with Crippen molar-refractivity contribution < 1.29 is 18.3 Å². The van der Waals surface area contributed by atoms with Crippen LogP contribution in [-0.4, -0.2) is 31.8 Å². The molecular formula is C6H11NO4S. The van der Waals surface area contributed by atoms with E-state index in [1.165, 1.54) is 0 Å². The van der Waals surface area contributed by atoms with Crippen molar-refractivity contribution >= 4 is 16.0 Å². The second-order valence-electron chi connectivity index (χ2n) is 2.94. The second kappa shape index (κ2) is 3.40. The van der Waals surface area contributed by atoms with Crippen LogP contribution in [0.3, 0.4) is 0 Å². The molecule has 0 bridgehead atoms. The van der Waals surface area contributed by atoms with Gasteiger partial charge in [0.05, 0.1) is 5.75 Å². The molecule has 12 heavy (non-hydrogen) atoms. The molecule has 0 aromatic carbocycles. The van der Waals surface area contributed by atoms with Crippen LogP contribution in [0.25, 0.3) is 0 Å². The molecule has 0 radical (unpaired) electrons. The quantitative estimate of drug-likeness (QED) is 0.610. The number of hydrogen-bond acceptors (Lipinski definition) is 3. The lowest BCUT2D eigenvalue weighted by atomic mass is 10.5. The van der Waals surface area contributed by atoms with Gasteiger partial charge in [0.25, 0.3) is 0 Å². The van der Waals surface area contributed by atoms with Gasteiger partial charge in [0, 0.05) is 0 Å². The van der Waals surface area contributed by atoms with Crippen LogP contribution < -0.4 is 4.72 Å². The molecule has 1 fully saturated rings. The second-order valence-corrected chi connectivity index (χ2v) is 4.79. The first kappa shape index (κ1) is 9.47. The molecule has 1 rings (SSSR count). The fraction of sp³-hybridized carbons (Fsp3) is 0.833. The van der Waals surface area contributed by atoms with Crippen molar-refractivity contribution in [2.24, 2.45) is 5.92 Å². The van der Waals surface area contributed by atoms with E-state index < -0.39 is 22.5 Å². The minimum atomic E-state index is -3.34.